The summed E-state index contributed by atoms with van der Waals surface area (Å²) in [5.74, 6) is -0.687. The van der Waals surface area contributed by atoms with Crippen LogP contribution < -0.4 is 10.1 Å². The summed E-state index contributed by atoms with van der Waals surface area (Å²) in [6.45, 7) is 4.41. The van der Waals surface area contributed by atoms with Gasteiger partial charge in [0.05, 0.1) is 11.3 Å². The van der Waals surface area contributed by atoms with Crippen molar-refractivity contribution >= 4 is 23.9 Å². The first-order chi connectivity index (χ1) is 12.6. The number of carbonyl (C=O) groups excluding carboxylic acids is 3. The molecule has 11 heteroatoms. The summed E-state index contributed by atoms with van der Waals surface area (Å²) in [7, 11) is 0. The highest BCUT2D eigenvalue weighted by Crippen LogP contribution is 2.17. The van der Waals surface area contributed by atoms with Gasteiger partial charge in [-0.15, -0.1) is 0 Å². The van der Waals surface area contributed by atoms with E-state index in [1.807, 2.05) is 0 Å². The van der Waals surface area contributed by atoms with Gasteiger partial charge >= 0.3 is 18.2 Å². The second kappa shape index (κ2) is 9.94. The Morgan fingerprint density at radius 2 is 1.74 bits per heavy atom. The fourth-order valence-electron chi connectivity index (χ4n) is 1.56. The SMILES string of the molecule is CC(C)(C)OC(=O)NCCC(=O)OCOC(=O)Oc1ccc([N+](=O)[O-])cc1. The number of hydrogen-bond donors (Lipinski definition) is 1. The highest BCUT2D eigenvalue weighted by atomic mass is 16.8. The van der Waals surface area contributed by atoms with Gasteiger partial charge in [0, 0.05) is 18.7 Å². The lowest BCUT2D eigenvalue weighted by Crippen LogP contribution is -2.33. The van der Waals surface area contributed by atoms with Crippen LogP contribution in [0.15, 0.2) is 24.3 Å². The number of esters is 1. The maximum atomic E-state index is 11.4. The summed E-state index contributed by atoms with van der Waals surface area (Å²) >= 11 is 0. The fourth-order valence-corrected chi connectivity index (χ4v) is 1.56. The van der Waals surface area contributed by atoms with E-state index in [1.165, 1.54) is 12.1 Å². The first-order valence-corrected chi connectivity index (χ1v) is 7.78. The van der Waals surface area contributed by atoms with Crippen LogP contribution in [-0.4, -0.2) is 42.1 Å². The van der Waals surface area contributed by atoms with Gasteiger partial charge in [-0.1, -0.05) is 0 Å². The Labute approximate surface area is 154 Å². The van der Waals surface area contributed by atoms with Crippen molar-refractivity contribution in [1.82, 2.24) is 5.32 Å². The van der Waals surface area contributed by atoms with Crippen LogP contribution in [0.25, 0.3) is 0 Å². The van der Waals surface area contributed by atoms with Crippen LogP contribution >= 0.6 is 0 Å². The molecule has 1 rings (SSSR count). The normalized spacial score (nSPS) is 10.5. The van der Waals surface area contributed by atoms with Crippen molar-refractivity contribution < 1.29 is 38.3 Å². The van der Waals surface area contributed by atoms with Crippen molar-refractivity contribution in [2.45, 2.75) is 32.8 Å². The van der Waals surface area contributed by atoms with Crippen LogP contribution in [0.5, 0.6) is 5.75 Å². The zero-order valence-corrected chi connectivity index (χ0v) is 15.1. The molecule has 0 bridgehead atoms. The van der Waals surface area contributed by atoms with Gasteiger partial charge in [-0.2, -0.15) is 0 Å². The molecule has 1 amide bonds. The van der Waals surface area contributed by atoms with E-state index in [1.54, 1.807) is 20.8 Å². The Bertz CT molecular complexity index is 680. The largest absolute Gasteiger partial charge is 0.516 e. The minimum absolute atomic E-state index is 0.0129. The van der Waals surface area contributed by atoms with Crippen LogP contribution in [0.1, 0.15) is 27.2 Å². The molecule has 0 aliphatic heterocycles. The molecule has 0 saturated carbocycles. The summed E-state index contributed by atoms with van der Waals surface area (Å²) in [4.78, 5) is 44.1. The molecule has 0 atom stereocenters. The quantitative estimate of drug-likeness (QED) is 0.246. The minimum atomic E-state index is -1.15. The average molecular weight is 384 g/mol. The van der Waals surface area contributed by atoms with Crippen molar-refractivity contribution in [2.75, 3.05) is 13.3 Å². The van der Waals surface area contributed by atoms with Crippen molar-refractivity contribution in [1.29, 1.82) is 0 Å². The van der Waals surface area contributed by atoms with E-state index in [0.29, 0.717) is 0 Å². The number of nitrogens with zero attached hydrogens (tertiary/aromatic N) is 1. The topological polar surface area (TPSA) is 143 Å². The molecule has 0 aromatic heterocycles. The molecule has 0 aliphatic carbocycles. The minimum Gasteiger partial charge on any atom is -0.444 e. The van der Waals surface area contributed by atoms with E-state index in [4.69, 9.17) is 9.47 Å². The summed E-state index contributed by atoms with van der Waals surface area (Å²) in [5.41, 5.74) is -0.813. The molecule has 0 fully saturated rings. The Morgan fingerprint density at radius 1 is 1.11 bits per heavy atom. The van der Waals surface area contributed by atoms with Gasteiger partial charge in [0.1, 0.15) is 11.4 Å². The van der Waals surface area contributed by atoms with Crippen LogP contribution in [0.3, 0.4) is 0 Å². The number of nitro benzene ring substituents is 1. The monoisotopic (exact) mass is 384 g/mol. The fraction of sp³-hybridized carbons (Fsp3) is 0.438. The first kappa shape index (κ1) is 21.7. The lowest BCUT2D eigenvalue weighted by molar-refractivity contribution is -0.384. The predicted molar refractivity (Wildman–Crippen MR) is 90.0 cm³/mol. The smallest absolute Gasteiger partial charge is 0.444 e. The predicted octanol–water partition coefficient (Wildman–Crippen LogP) is 2.53. The summed E-state index contributed by atoms with van der Waals surface area (Å²) in [5, 5.41) is 12.9. The van der Waals surface area contributed by atoms with Gasteiger partial charge in [0.25, 0.3) is 5.69 Å². The number of alkyl carbamates (subject to hydrolysis) is 1. The van der Waals surface area contributed by atoms with E-state index in [9.17, 15) is 24.5 Å². The summed E-state index contributed by atoms with van der Waals surface area (Å²) in [6, 6.07) is 4.74. The van der Waals surface area contributed by atoms with E-state index >= 15 is 0 Å². The van der Waals surface area contributed by atoms with E-state index in [0.717, 1.165) is 12.1 Å². The molecule has 0 heterocycles. The van der Waals surface area contributed by atoms with E-state index in [-0.39, 0.29) is 24.4 Å². The second-order valence-corrected chi connectivity index (χ2v) is 6.06. The Morgan fingerprint density at radius 3 is 2.30 bits per heavy atom. The Kier molecular flexibility index (Phi) is 7.98. The third-order valence-corrected chi connectivity index (χ3v) is 2.64. The Hall–Kier alpha value is -3.37. The Balaban J connectivity index is 2.20. The van der Waals surface area contributed by atoms with Gasteiger partial charge in [-0.25, -0.2) is 9.59 Å². The molecule has 1 aromatic rings. The second-order valence-electron chi connectivity index (χ2n) is 6.06. The number of nitrogens with one attached hydrogen (secondary N) is 1. The number of amides is 1. The number of hydrogen-bond acceptors (Lipinski definition) is 9. The molecule has 1 aromatic carbocycles. The van der Waals surface area contributed by atoms with Gasteiger partial charge in [0.2, 0.25) is 6.79 Å². The van der Waals surface area contributed by atoms with E-state index in [2.05, 4.69) is 14.8 Å². The van der Waals surface area contributed by atoms with Crippen molar-refractivity contribution in [2.24, 2.45) is 0 Å². The van der Waals surface area contributed by atoms with Crippen molar-refractivity contribution in [3.8, 4) is 5.75 Å². The molecular formula is C16H20N2O9. The van der Waals surface area contributed by atoms with Gasteiger partial charge in [-0.05, 0) is 32.9 Å². The molecule has 27 heavy (non-hydrogen) atoms. The molecule has 0 unspecified atom stereocenters. The van der Waals surface area contributed by atoms with E-state index < -0.39 is 35.5 Å². The van der Waals surface area contributed by atoms with Crippen molar-refractivity contribution in [3.63, 3.8) is 0 Å². The average Bonchev–Trinajstić information content (AvgIpc) is 2.53. The molecule has 0 saturated heterocycles. The highest BCUT2D eigenvalue weighted by Gasteiger charge is 2.16. The zero-order valence-electron chi connectivity index (χ0n) is 15.1. The number of nitro groups is 1. The van der Waals surface area contributed by atoms with Crippen LogP contribution in [0.4, 0.5) is 15.3 Å². The maximum absolute atomic E-state index is 11.4. The molecular weight excluding hydrogens is 364 g/mol. The number of ether oxygens (including phenoxy) is 4. The number of rotatable bonds is 7. The third-order valence-electron chi connectivity index (χ3n) is 2.64. The highest BCUT2D eigenvalue weighted by molar-refractivity contribution is 5.72. The van der Waals surface area contributed by atoms with Gasteiger partial charge in [0.15, 0.2) is 0 Å². The first-order valence-electron chi connectivity index (χ1n) is 7.78. The molecule has 0 aliphatic rings. The molecule has 148 valence electrons. The van der Waals surface area contributed by atoms with Crippen LogP contribution in [0, 0.1) is 10.1 Å². The number of carbonyl (C=O) groups is 3. The van der Waals surface area contributed by atoms with Gasteiger partial charge < -0.3 is 24.3 Å². The molecule has 11 nitrogen and oxygen atoms in total. The van der Waals surface area contributed by atoms with Crippen LogP contribution in [-0.2, 0) is 19.0 Å². The zero-order chi connectivity index (χ0) is 20.4. The number of benzene rings is 1. The molecule has 0 radical (unpaired) electrons. The third kappa shape index (κ3) is 9.63. The van der Waals surface area contributed by atoms with Crippen LogP contribution in [0.2, 0.25) is 0 Å². The number of non-ortho nitro benzene ring substituents is 1. The lowest BCUT2D eigenvalue weighted by Gasteiger charge is -2.19. The lowest BCUT2D eigenvalue weighted by atomic mass is 10.2. The standard InChI is InChI=1S/C16H20N2O9/c1-16(2,3)27-14(20)17-9-8-13(19)24-10-25-15(21)26-12-6-4-11(5-7-12)18(22)23/h4-7H,8-10H2,1-3H3,(H,17,20). The maximum Gasteiger partial charge on any atom is 0.516 e. The summed E-state index contributed by atoms with van der Waals surface area (Å²) < 4.78 is 18.9. The van der Waals surface area contributed by atoms with Crippen molar-refractivity contribution in [3.05, 3.63) is 34.4 Å². The van der Waals surface area contributed by atoms with Gasteiger partial charge in [-0.3, -0.25) is 14.9 Å². The molecule has 0 spiro atoms. The molecule has 1 N–H and O–H groups in total. The summed E-state index contributed by atoms with van der Waals surface area (Å²) in [6.07, 6.45) is -1.97.